The van der Waals surface area contributed by atoms with Crippen LogP contribution in [0.2, 0.25) is 0 Å². The van der Waals surface area contributed by atoms with Crippen molar-refractivity contribution in [3.05, 3.63) is 52.3 Å². The first kappa shape index (κ1) is 14.5. The van der Waals surface area contributed by atoms with Crippen LogP contribution in [0.25, 0.3) is 0 Å². The summed E-state index contributed by atoms with van der Waals surface area (Å²) < 4.78 is 0.772. The average Bonchev–Trinajstić information content (AvgIpc) is 2.38. The Morgan fingerprint density at radius 2 is 2.00 bits per heavy atom. The number of amides is 1. The smallest absolute Gasteiger partial charge is 0.336 e. The second kappa shape index (κ2) is 6.06. The summed E-state index contributed by atoms with van der Waals surface area (Å²) in [5, 5.41) is 9.16. The molecule has 0 unspecified atom stereocenters. The molecule has 2 aromatic rings. The van der Waals surface area contributed by atoms with Crippen molar-refractivity contribution >= 4 is 39.6 Å². The number of carboxylic acid groups (broad SMARTS) is 1. The predicted molar refractivity (Wildman–Crippen MR) is 78.0 cm³/mol. The fourth-order valence-corrected chi connectivity index (χ4v) is 3.01. The van der Waals surface area contributed by atoms with E-state index in [1.54, 1.807) is 18.2 Å². The van der Waals surface area contributed by atoms with Crippen molar-refractivity contribution in [2.75, 3.05) is 0 Å². The summed E-state index contributed by atoms with van der Waals surface area (Å²) in [6.45, 7) is 0. The molecule has 1 heterocycles. The molecule has 3 N–H and O–H groups in total. The minimum absolute atomic E-state index is 0.141. The van der Waals surface area contributed by atoms with Crippen LogP contribution in [0.4, 0.5) is 0 Å². The number of carbonyl (C=O) groups excluding carboxylic acids is 1. The summed E-state index contributed by atoms with van der Waals surface area (Å²) in [4.78, 5) is 27.4. The zero-order valence-electron chi connectivity index (χ0n) is 10.0. The number of halogens is 1. The van der Waals surface area contributed by atoms with Crippen LogP contribution in [-0.4, -0.2) is 22.0 Å². The molecular formula is C13H9BrN2O3S. The van der Waals surface area contributed by atoms with Gasteiger partial charge in [-0.15, -0.1) is 0 Å². The summed E-state index contributed by atoms with van der Waals surface area (Å²) in [7, 11) is 0. The molecule has 0 saturated carbocycles. The maximum atomic E-state index is 11.2. The van der Waals surface area contributed by atoms with Gasteiger partial charge in [-0.3, -0.25) is 9.78 Å². The average molecular weight is 353 g/mol. The molecule has 2 rings (SSSR count). The third kappa shape index (κ3) is 3.37. The Morgan fingerprint density at radius 3 is 2.65 bits per heavy atom. The van der Waals surface area contributed by atoms with E-state index in [0.717, 1.165) is 4.47 Å². The molecule has 20 heavy (non-hydrogen) atoms. The van der Waals surface area contributed by atoms with Crippen molar-refractivity contribution in [2.24, 2.45) is 5.73 Å². The molecule has 0 atom stereocenters. The van der Waals surface area contributed by atoms with Crippen LogP contribution in [0.1, 0.15) is 20.8 Å². The van der Waals surface area contributed by atoms with Crippen LogP contribution >= 0.6 is 27.7 Å². The van der Waals surface area contributed by atoms with Gasteiger partial charge in [-0.05, 0) is 30.3 Å². The SMILES string of the molecule is NC(=O)c1cc(Sc2cc(Br)ccc2C(=O)O)ccn1. The number of hydrogen-bond acceptors (Lipinski definition) is 4. The first-order chi connectivity index (χ1) is 9.47. The molecular weight excluding hydrogens is 344 g/mol. The third-order valence-corrected chi connectivity index (χ3v) is 3.93. The number of nitrogens with zero attached hydrogens (tertiary/aromatic N) is 1. The minimum Gasteiger partial charge on any atom is -0.478 e. The van der Waals surface area contributed by atoms with Crippen LogP contribution in [0, 0.1) is 0 Å². The Hall–Kier alpha value is -1.86. The molecule has 7 heteroatoms. The van der Waals surface area contributed by atoms with Gasteiger partial charge >= 0.3 is 5.97 Å². The fraction of sp³-hybridized carbons (Fsp3) is 0. The molecule has 0 aliphatic heterocycles. The van der Waals surface area contributed by atoms with E-state index in [9.17, 15) is 9.59 Å². The monoisotopic (exact) mass is 352 g/mol. The molecule has 0 radical (unpaired) electrons. The Balaban J connectivity index is 2.39. The summed E-state index contributed by atoms with van der Waals surface area (Å²) in [6, 6.07) is 8.10. The zero-order chi connectivity index (χ0) is 14.7. The first-order valence-electron chi connectivity index (χ1n) is 5.44. The van der Waals surface area contributed by atoms with Gasteiger partial charge in [0, 0.05) is 20.5 Å². The Kier molecular flexibility index (Phi) is 4.41. The molecule has 0 fully saturated rings. The van der Waals surface area contributed by atoms with Crippen molar-refractivity contribution in [2.45, 2.75) is 9.79 Å². The van der Waals surface area contributed by atoms with E-state index in [1.165, 1.54) is 30.1 Å². The van der Waals surface area contributed by atoms with Gasteiger partial charge in [0.25, 0.3) is 5.91 Å². The lowest BCUT2D eigenvalue weighted by Crippen LogP contribution is -2.12. The Morgan fingerprint density at radius 1 is 1.25 bits per heavy atom. The molecule has 1 aromatic heterocycles. The molecule has 0 saturated heterocycles. The first-order valence-corrected chi connectivity index (χ1v) is 7.05. The fourth-order valence-electron chi connectivity index (χ4n) is 1.49. The van der Waals surface area contributed by atoms with E-state index >= 15 is 0 Å². The normalized spacial score (nSPS) is 10.2. The maximum absolute atomic E-state index is 11.2. The second-order valence-corrected chi connectivity index (χ2v) is 5.82. The number of hydrogen-bond donors (Lipinski definition) is 2. The van der Waals surface area contributed by atoms with Gasteiger partial charge in [0.05, 0.1) is 5.56 Å². The Labute approximate surface area is 127 Å². The number of nitrogens with two attached hydrogens (primary N) is 1. The lowest BCUT2D eigenvalue weighted by Gasteiger charge is -2.07. The molecule has 0 aliphatic carbocycles. The number of benzene rings is 1. The van der Waals surface area contributed by atoms with Crippen molar-refractivity contribution in [1.82, 2.24) is 4.98 Å². The van der Waals surface area contributed by atoms with Crippen LogP contribution in [-0.2, 0) is 0 Å². The number of carbonyl (C=O) groups is 2. The molecule has 0 spiro atoms. The van der Waals surface area contributed by atoms with Gasteiger partial charge in [0.2, 0.25) is 0 Å². The van der Waals surface area contributed by atoms with Crippen LogP contribution in [0.5, 0.6) is 0 Å². The van der Waals surface area contributed by atoms with E-state index in [0.29, 0.717) is 9.79 Å². The second-order valence-electron chi connectivity index (χ2n) is 3.79. The van der Waals surface area contributed by atoms with E-state index in [-0.39, 0.29) is 11.3 Å². The number of aromatic carboxylic acids is 1. The van der Waals surface area contributed by atoms with Gasteiger partial charge in [-0.1, -0.05) is 27.7 Å². The molecule has 0 aliphatic rings. The highest BCUT2D eigenvalue weighted by Crippen LogP contribution is 2.32. The summed E-state index contributed by atoms with van der Waals surface area (Å²) in [6.07, 6.45) is 1.46. The lowest BCUT2D eigenvalue weighted by atomic mass is 10.2. The quantitative estimate of drug-likeness (QED) is 0.882. The van der Waals surface area contributed by atoms with Crippen molar-refractivity contribution < 1.29 is 14.7 Å². The van der Waals surface area contributed by atoms with Crippen LogP contribution in [0.15, 0.2) is 50.8 Å². The minimum atomic E-state index is -1.01. The van der Waals surface area contributed by atoms with Crippen LogP contribution in [0.3, 0.4) is 0 Å². The third-order valence-electron chi connectivity index (χ3n) is 2.39. The molecule has 1 aromatic carbocycles. The zero-order valence-corrected chi connectivity index (χ0v) is 12.4. The highest BCUT2D eigenvalue weighted by atomic mass is 79.9. The van der Waals surface area contributed by atoms with Gasteiger partial charge in [-0.25, -0.2) is 4.79 Å². The van der Waals surface area contributed by atoms with E-state index in [1.807, 2.05) is 0 Å². The van der Waals surface area contributed by atoms with Crippen molar-refractivity contribution in [1.29, 1.82) is 0 Å². The van der Waals surface area contributed by atoms with E-state index in [4.69, 9.17) is 10.8 Å². The summed E-state index contributed by atoms with van der Waals surface area (Å²) in [5.41, 5.74) is 5.50. The number of aromatic nitrogens is 1. The summed E-state index contributed by atoms with van der Waals surface area (Å²) >= 11 is 4.53. The lowest BCUT2D eigenvalue weighted by molar-refractivity contribution is 0.0693. The number of carboxylic acids is 1. The highest BCUT2D eigenvalue weighted by molar-refractivity contribution is 9.10. The largest absolute Gasteiger partial charge is 0.478 e. The molecule has 1 amide bonds. The van der Waals surface area contributed by atoms with E-state index < -0.39 is 11.9 Å². The number of rotatable bonds is 4. The number of pyridine rings is 1. The van der Waals surface area contributed by atoms with Gasteiger partial charge in [0.1, 0.15) is 5.69 Å². The Bertz CT molecular complexity index is 691. The van der Waals surface area contributed by atoms with Gasteiger partial charge in [0.15, 0.2) is 0 Å². The van der Waals surface area contributed by atoms with Gasteiger partial charge in [-0.2, -0.15) is 0 Å². The maximum Gasteiger partial charge on any atom is 0.336 e. The van der Waals surface area contributed by atoms with Gasteiger partial charge < -0.3 is 10.8 Å². The topological polar surface area (TPSA) is 93.3 Å². The molecule has 5 nitrogen and oxygen atoms in total. The van der Waals surface area contributed by atoms with E-state index in [2.05, 4.69) is 20.9 Å². The van der Waals surface area contributed by atoms with Crippen LogP contribution < -0.4 is 5.73 Å². The van der Waals surface area contributed by atoms with Crippen molar-refractivity contribution in [3.8, 4) is 0 Å². The standard InChI is InChI=1S/C13H9BrN2O3S/c14-7-1-2-9(13(18)19)11(5-7)20-8-3-4-16-10(6-8)12(15)17/h1-6H,(H2,15,17)(H,18,19). The summed E-state index contributed by atoms with van der Waals surface area (Å²) in [5.74, 6) is -1.63. The molecule has 0 bridgehead atoms. The predicted octanol–water partition coefficient (Wildman–Crippen LogP) is 2.79. The highest BCUT2D eigenvalue weighted by Gasteiger charge is 2.12. The molecule has 102 valence electrons. The number of primary amides is 1. The van der Waals surface area contributed by atoms with Crippen molar-refractivity contribution in [3.63, 3.8) is 0 Å².